The van der Waals surface area contributed by atoms with Crippen LogP contribution in [0.25, 0.3) is 10.8 Å². The zero-order chi connectivity index (χ0) is 24.5. The van der Waals surface area contributed by atoms with Crippen LogP contribution in [0.1, 0.15) is 48.5 Å². The van der Waals surface area contributed by atoms with Crippen molar-refractivity contribution < 1.29 is 24.9 Å². The molecule has 0 saturated carbocycles. The van der Waals surface area contributed by atoms with Crippen molar-refractivity contribution in [1.29, 1.82) is 0 Å². The molecular formula is C27H32N2O5. The van der Waals surface area contributed by atoms with Gasteiger partial charge in [-0.15, -0.1) is 0 Å². The second-order valence-electron chi connectivity index (χ2n) is 8.32. The molecule has 3 aromatic carbocycles. The minimum Gasteiger partial charge on any atom is -0.506 e. The van der Waals surface area contributed by atoms with E-state index in [4.69, 9.17) is 5.11 Å². The van der Waals surface area contributed by atoms with Crippen LogP contribution in [-0.2, 0) is 11.2 Å². The highest BCUT2D eigenvalue weighted by Crippen LogP contribution is 2.30. The van der Waals surface area contributed by atoms with Crippen LogP contribution in [0, 0.1) is 0 Å². The van der Waals surface area contributed by atoms with Crippen LogP contribution in [-0.4, -0.2) is 51.4 Å². The van der Waals surface area contributed by atoms with Gasteiger partial charge in [-0.25, -0.2) is 0 Å². The Hall–Kier alpha value is -3.42. The molecule has 7 nitrogen and oxygen atoms in total. The highest BCUT2D eigenvalue weighted by Gasteiger charge is 2.26. The van der Waals surface area contributed by atoms with Crippen LogP contribution in [0.5, 0.6) is 5.75 Å². The molecule has 0 radical (unpaired) electrons. The number of benzene rings is 3. The summed E-state index contributed by atoms with van der Waals surface area (Å²) < 4.78 is 0. The molecule has 7 heteroatoms. The van der Waals surface area contributed by atoms with Crippen LogP contribution in [0.3, 0.4) is 0 Å². The number of aliphatic hydroxyl groups is 2. The van der Waals surface area contributed by atoms with E-state index in [9.17, 15) is 19.8 Å². The molecule has 0 saturated heterocycles. The molecule has 3 rings (SSSR count). The predicted molar refractivity (Wildman–Crippen MR) is 133 cm³/mol. The number of rotatable bonds is 11. The van der Waals surface area contributed by atoms with Gasteiger partial charge >= 0.3 is 0 Å². The number of fused-ring (bicyclic) bond motifs is 1. The second kappa shape index (κ2) is 12.2. The van der Waals surface area contributed by atoms with E-state index < -0.39 is 12.1 Å². The normalized spacial score (nSPS) is 11.9. The van der Waals surface area contributed by atoms with Crippen molar-refractivity contribution in [3.05, 3.63) is 71.8 Å². The topological polar surface area (TPSA) is 110 Å². The number of hydrogen-bond acceptors (Lipinski definition) is 5. The van der Waals surface area contributed by atoms with Gasteiger partial charge in [0.2, 0.25) is 5.91 Å². The fourth-order valence-electron chi connectivity index (χ4n) is 4.03. The molecule has 1 atom stereocenters. The maximum atomic E-state index is 13.5. The Kier molecular flexibility index (Phi) is 9.01. The lowest BCUT2D eigenvalue weighted by atomic mass is 10.0. The van der Waals surface area contributed by atoms with Gasteiger partial charge in [0.1, 0.15) is 12.0 Å². The van der Waals surface area contributed by atoms with Gasteiger partial charge in [0.15, 0.2) is 0 Å². The van der Waals surface area contributed by atoms with Crippen LogP contribution < -0.4 is 5.32 Å². The number of para-hydroxylation sites is 1. The molecule has 1 unspecified atom stereocenters. The van der Waals surface area contributed by atoms with Crippen molar-refractivity contribution in [2.24, 2.45) is 0 Å². The zero-order valence-electron chi connectivity index (χ0n) is 19.4. The fraction of sp³-hybridized carbons (Fsp3) is 0.333. The maximum absolute atomic E-state index is 13.5. The van der Waals surface area contributed by atoms with Crippen LogP contribution in [0.4, 0.5) is 5.69 Å². The number of carbonyl (C=O) groups is 2. The average Bonchev–Trinajstić information content (AvgIpc) is 2.83. The SMILES string of the molecule is CC(=O)Nc1ccccc1CCN(C(=O)c1ccc2ccccc2c1O)C(O)CCCCCO. The molecule has 0 heterocycles. The number of hydrogen-bond donors (Lipinski definition) is 4. The molecule has 0 fully saturated rings. The van der Waals surface area contributed by atoms with Gasteiger partial charge in [-0.1, -0.05) is 55.0 Å². The number of amides is 2. The number of phenols is 1. The summed E-state index contributed by atoms with van der Waals surface area (Å²) in [6, 6.07) is 18.0. The Morgan fingerprint density at radius 1 is 0.971 bits per heavy atom. The van der Waals surface area contributed by atoms with Gasteiger partial charge in [0.05, 0.1) is 5.56 Å². The molecular weight excluding hydrogens is 432 g/mol. The van der Waals surface area contributed by atoms with E-state index in [0.29, 0.717) is 36.8 Å². The Balaban J connectivity index is 1.86. The highest BCUT2D eigenvalue weighted by molar-refractivity contribution is 6.03. The van der Waals surface area contributed by atoms with Crippen LogP contribution in [0.2, 0.25) is 0 Å². The van der Waals surface area contributed by atoms with Crippen LogP contribution in [0.15, 0.2) is 60.7 Å². The van der Waals surface area contributed by atoms with Crippen molar-refractivity contribution in [3.8, 4) is 5.75 Å². The van der Waals surface area contributed by atoms with Gasteiger partial charge < -0.3 is 25.5 Å². The Morgan fingerprint density at radius 2 is 1.71 bits per heavy atom. The molecule has 0 aliphatic rings. The Morgan fingerprint density at radius 3 is 2.47 bits per heavy atom. The number of carbonyl (C=O) groups excluding carboxylic acids is 2. The van der Waals surface area contributed by atoms with Gasteiger partial charge in [0.25, 0.3) is 5.91 Å². The van der Waals surface area contributed by atoms with Gasteiger partial charge in [-0.05, 0) is 48.8 Å². The van der Waals surface area contributed by atoms with Gasteiger partial charge in [-0.3, -0.25) is 9.59 Å². The minimum atomic E-state index is -1.05. The molecule has 34 heavy (non-hydrogen) atoms. The molecule has 0 aliphatic heterocycles. The average molecular weight is 465 g/mol. The van der Waals surface area contributed by atoms with Crippen molar-refractivity contribution >= 4 is 28.3 Å². The van der Waals surface area contributed by atoms with E-state index in [2.05, 4.69) is 5.32 Å². The zero-order valence-corrected chi connectivity index (χ0v) is 19.4. The first-order valence-electron chi connectivity index (χ1n) is 11.6. The van der Waals surface area contributed by atoms with Crippen LogP contribution >= 0.6 is 0 Å². The summed E-state index contributed by atoms with van der Waals surface area (Å²) in [5, 5.41) is 34.9. The summed E-state index contributed by atoms with van der Waals surface area (Å²) in [6.07, 6.45) is 1.73. The molecule has 3 aromatic rings. The third-order valence-corrected chi connectivity index (χ3v) is 5.82. The first kappa shape index (κ1) is 25.2. The summed E-state index contributed by atoms with van der Waals surface area (Å²) in [6.45, 7) is 1.72. The Bertz CT molecular complexity index is 1130. The lowest BCUT2D eigenvalue weighted by Crippen LogP contribution is -2.41. The largest absolute Gasteiger partial charge is 0.506 e. The first-order chi connectivity index (χ1) is 16.4. The van der Waals surface area contributed by atoms with E-state index in [1.54, 1.807) is 30.3 Å². The maximum Gasteiger partial charge on any atom is 0.259 e. The summed E-state index contributed by atoms with van der Waals surface area (Å²) in [4.78, 5) is 26.4. The smallest absolute Gasteiger partial charge is 0.259 e. The van der Waals surface area contributed by atoms with Crippen molar-refractivity contribution in [1.82, 2.24) is 4.90 Å². The van der Waals surface area contributed by atoms with E-state index in [-0.39, 0.29) is 30.4 Å². The monoisotopic (exact) mass is 464 g/mol. The number of phenolic OH excluding ortho intramolecular Hbond substituents is 1. The number of aromatic hydroxyl groups is 1. The Labute approximate surface area is 199 Å². The number of nitrogens with zero attached hydrogens (tertiary/aromatic N) is 1. The second-order valence-corrected chi connectivity index (χ2v) is 8.32. The number of nitrogens with one attached hydrogen (secondary N) is 1. The minimum absolute atomic E-state index is 0.0869. The van der Waals surface area contributed by atoms with E-state index in [1.807, 2.05) is 30.3 Å². The van der Waals surface area contributed by atoms with Gasteiger partial charge in [0, 0.05) is 31.1 Å². The van der Waals surface area contributed by atoms with E-state index >= 15 is 0 Å². The van der Waals surface area contributed by atoms with E-state index in [1.165, 1.54) is 11.8 Å². The number of anilines is 1. The first-order valence-corrected chi connectivity index (χ1v) is 11.6. The molecule has 180 valence electrons. The summed E-state index contributed by atoms with van der Waals surface area (Å²) in [5.41, 5.74) is 1.63. The standard InChI is InChI=1S/C27H32N2O5/c1-19(31)28-24-12-7-5-10-21(24)16-17-29(25(32)13-3-2-8-18-30)27(34)23-15-14-20-9-4-6-11-22(20)26(23)33/h4-7,9-12,14-15,25,30,32-33H,2-3,8,13,16-18H2,1H3,(H,28,31). The van der Waals surface area contributed by atoms with Crippen molar-refractivity contribution in [3.63, 3.8) is 0 Å². The molecule has 0 spiro atoms. The van der Waals surface area contributed by atoms with Crippen molar-refractivity contribution in [2.45, 2.75) is 45.3 Å². The number of unbranched alkanes of at least 4 members (excludes halogenated alkanes) is 2. The molecule has 4 N–H and O–H groups in total. The van der Waals surface area contributed by atoms with E-state index in [0.717, 1.165) is 17.4 Å². The van der Waals surface area contributed by atoms with Crippen molar-refractivity contribution in [2.75, 3.05) is 18.5 Å². The molecule has 0 aromatic heterocycles. The molecule has 0 bridgehead atoms. The summed E-state index contributed by atoms with van der Waals surface area (Å²) >= 11 is 0. The summed E-state index contributed by atoms with van der Waals surface area (Å²) in [5.74, 6) is -0.764. The third-order valence-electron chi connectivity index (χ3n) is 5.82. The third kappa shape index (κ3) is 6.34. The molecule has 0 aliphatic carbocycles. The van der Waals surface area contributed by atoms with Gasteiger partial charge in [-0.2, -0.15) is 0 Å². The lowest BCUT2D eigenvalue weighted by Gasteiger charge is -2.29. The number of aliphatic hydroxyl groups excluding tert-OH is 2. The fourth-order valence-corrected chi connectivity index (χ4v) is 4.03. The highest BCUT2D eigenvalue weighted by atomic mass is 16.3. The summed E-state index contributed by atoms with van der Waals surface area (Å²) in [7, 11) is 0. The lowest BCUT2D eigenvalue weighted by molar-refractivity contribution is -0.114. The predicted octanol–water partition coefficient (Wildman–Crippen LogP) is 4.06. The molecule has 2 amide bonds. The quantitative estimate of drug-likeness (QED) is 0.253.